The van der Waals surface area contributed by atoms with E-state index in [0.717, 1.165) is 28.7 Å². The van der Waals surface area contributed by atoms with Crippen LogP contribution in [0, 0.1) is 5.92 Å². The Kier molecular flexibility index (Phi) is 13.4. The summed E-state index contributed by atoms with van der Waals surface area (Å²) in [5.74, 6) is -0.342. The Labute approximate surface area is 311 Å². The number of nitrogens with zero attached hydrogens (tertiary/aromatic N) is 3. The lowest BCUT2D eigenvalue weighted by Gasteiger charge is -2.41. The number of para-hydroxylation sites is 1. The first-order chi connectivity index (χ1) is 24.9. The van der Waals surface area contributed by atoms with Crippen molar-refractivity contribution in [1.82, 2.24) is 30.8 Å². The molecule has 1 fully saturated rings. The smallest absolute Gasteiger partial charge is 0.270 e. The maximum Gasteiger partial charge on any atom is 0.270 e. The van der Waals surface area contributed by atoms with Crippen molar-refractivity contribution in [3.8, 4) is 0 Å². The van der Waals surface area contributed by atoms with E-state index in [4.69, 9.17) is 0 Å². The van der Waals surface area contributed by atoms with Gasteiger partial charge < -0.3 is 21.1 Å². The number of aliphatic hydroxyl groups is 1. The number of hydrogen-bond donors (Lipinski definition) is 4. The van der Waals surface area contributed by atoms with Gasteiger partial charge in [-0.1, -0.05) is 74.5 Å². The van der Waals surface area contributed by atoms with E-state index in [9.17, 15) is 19.5 Å². The molecule has 1 saturated heterocycles. The molecule has 3 heterocycles. The Morgan fingerprint density at radius 3 is 2.38 bits per heavy atom. The van der Waals surface area contributed by atoms with Crippen LogP contribution in [0.4, 0.5) is 0 Å². The van der Waals surface area contributed by atoms with Crippen molar-refractivity contribution in [1.29, 1.82) is 0 Å². The van der Waals surface area contributed by atoms with Gasteiger partial charge in [0, 0.05) is 47.4 Å². The van der Waals surface area contributed by atoms with Crippen molar-refractivity contribution in [3.63, 3.8) is 0 Å². The Morgan fingerprint density at radius 1 is 0.942 bits per heavy atom. The molecule has 0 radical (unpaired) electrons. The minimum absolute atomic E-state index is 0.0695. The number of hydrogen-bond acceptors (Lipinski definition) is 8. The molecule has 11 heteroatoms. The fraction of sp³-hybridized carbons (Fsp3) is 0.439. The van der Waals surface area contributed by atoms with E-state index < -0.39 is 41.6 Å². The summed E-state index contributed by atoms with van der Waals surface area (Å²) in [4.78, 5) is 51.9. The molecule has 3 amide bonds. The molecule has 2 aromatic heterocycles. The van der Waals surface area contributed by atoms with Crippen LogP contribution in [0.1, 0.15) is 69.1 Å². The van der Waals surface area contributed by atoms with Crippen LogP contribution in [0.3, 0.4) is 0 Å². The van der Waals surface area contributed by atoms with Crippen LogP contribution >= 0.6 is 11.8 Å². The largest absolute Gasteiger partial charge is 0.390 e. The number of aliphatic hydroxyl groups excluding tert-OH is 1. The molecule has 276 valence electrons. The average Bonchev–Trinajstić information content (AvgIpc) is 3.12. The number of carbonyl (C=O) groups excluding carboxylic acids is 3. The summed E-state index contributed by atoms with van der Waals surface area (Å²) < 4.78 is 0. The Morgan fingerprint density at radius 2 is 1.67 bits per heavy atom. The van der Waals surface area contributed by atoms with Gasteiger partial charge in [0.15, 0.2) is 0 Å². The van der Waals surface area contributed by atoms with Crippen molar-refractivity contribution in [2.75, 3.05) is 13.1 Å². The van der Waals surface area contributed by atoms with E-state index >= 15 is 0 Å². The quantitative estimate of drug-likeness (QED) is 0.140. The number of nitrogens with one attached hydrogen (secondary N) is 3. The van der Waals surface area contributed by atoms with Gasteiger partial charge in [0.25, 0.3) is 5.91 Å². The normalized spacial score (nSPS) is 18.4. The molecule has 1 aliphatic rings. The van der Waals surface area contributed by atoms with E-state index in [1.165, 1.54) is 0 Å². The molecular formula is C41H52N6O4S. The second-order valence-corrected chi connectivity index (χ2v) is 16.3. The minimum atomic E-state index is -1.00. The third kappa shape index (κ3) is 11.1. The van der Waals surface area contributed by atoms with Crippen molar-refractivity contribution >= 4 is 40.4 Å². The summed E-state index contributed by atoms with van der Waals surface area (Å²) in [6.45, 7) is 10.5. The number of β-amino-alcohol motifs (C(OH)–C–C–N with tert-alkyl or cyclic N) is 1. The highest BCUT2D eigenvalue weighted by Crippen LogP contribution is 2.30. The first-order valence-electron chi connectivity index (χ1n) is 18.1. The van der Waals surface area contributed by atoms with Gasteiger partial charge in [-0.3, -0.25) is 24.3 Å². The molecule has 0 bridgehead atoms. The summed E-state index contributed by atoms with van der Waals surface area (Å²) in [6.07, 6.45) is 4.50. The Bertz CT molecular complexity index is 1780. The zero-order chi connectivity index (χ0) is 37.3. The number of carbonyl (C=O) groups is 3. The van der Waals surface area contributed by atoms with Gasteiger partial charge in [-0.2, -0.15) is 11.8 Å². The molecule has 4 N–H and O–H groups in total. The second kappa shape index (κ2) is 17.9. The number of piperidine rings is 1. The third-order valence-corrected chi connectivity index (χ3v) is 10.7. The van der Waals surface area contributed by atoms with Gasteiger partial charge in [-0.05, 0) is 75.3 Å². The number of amides is 3. The third-order valence-electron chi connectivity index (χ3n) is 9.25. The molecule has 1 aliphatic heterocycles. The van der Waals surface area contributed by atoms with E-state index in [-0.39, 0.29) is 29.3 Å². The summed E-state index contributed by atoms with van der Waals surface area (Å²) in [7, 11) is 0. The highest BCUT2D eigenvalue weighted by atomic mass is 32.2. The van der Waals surface area contributed by atoms with Crippen LogP contribution in [0.15, 0.2) is 91.3 Å². The zero-order valence-electron chi connectivity index (χ0n) is 30.8. The number of thioether (sulfide) groups is 1. The van der Waals surface area contributed by atoms with Gasteiger partial charge >= 0.3 is 0 Å². The highest BCUT2D eigenvalue weighted by Gasteiger charge is 2.38. The fourth-order valence-electron chi connectivity index (χ4n) is 6.51. The van der Waals surface area contributed by atoms with Gasteiger partial charge in [0.1, 0.15) is 11.7 Å². The predicted octanol–water partition coefficient (Wildman–Crippen LogP) is 5.15. The molecule has 5 rings (SSSR count). The molecule has 4 aromatic rings. The molecule has 0 aliphatic carbocycles. The van der Waals surface area contributed by atoms with Gasteiger partial charge in [-0.15, -0.1) is 0 Å². The number of aromatic nitrogens is 2. The van der Waals surface area contributed by atoms with Crippen LogP contribution in [-0.4, -0.2) is 85.8 Å². The van der Waals surface area contributed by atoms with Crippen LogP contribution < -0.4 is 16.0 Å². The van der Waals surface area contributed by atoms with Crippen LogP contribution in [0.25, 0.3) is 10.9 Å². The fourth-order valence-corrected chi connectivity index (χ4v) is 7.70. The first kappa shape index (κ1) is 38.9. The lowest BCUT2D eigenvalue weighted by atomic mass is 9.95. The number of likely N-dealkylation sites (tertiary alicyclic amines) is 1. The van der Waals surface area contributed by atoms with E-state index in [2.05, 4.69) is 36.9 Å². The van der Waals surface area contributed by atoms with Crippen LogP contribution in [0.2, 0.25) is 0 Å². The first-order valence-corrected chi connectivity index (χ1v) is 19.2. The lowest BCUT2D eigenvalue weighted by Crippen LogP contribution is -2.60. The predicted molar refractivity (Wildman–Crippen MR) is 208 cm³/mol. The van der Waals surface area contributed by atoms with Crippen molar-refractivity contribution < 1.29 is 19.5 Å². The molecule has 52 heavy (non-hydrogen) atoms. The lowest BCUT2D eigenvalue weighted by molar-refractivity contribution is -0.130. The number of fused-ring (bicyclic) bond motifs is 1. The van der Waals surface area contributed by atoms with E-state index in [1.807, 2.05) is 119 Å². The molecular weight excluding hydrogens is 673 g/mol. The molecule has 2 aromatic carbocycles. The number of rotatable bonds is 14. The summed E-state index contributed by atoms with van der Waals surface area (Å²) >= 11 is 1.83. The van der Waals surface area contributed by atoms with Crippen LogP contribution in [-0.2, 0) is 21.8 Å². The number of pyridine rings is 2. The molecule has 10 nitrogen and oxygen atoms in total. The monoisotopic (exact) mass is 724 g/mol. The SMILES string of the molecule is CC(C)C(NC(=O)c1ccc2ccccc2n1)C(=O)NC(Cc1ccccc1)C(O)CN1CC[C@@H](SCc2cccnc2)CC1C(=O)NC(C)(C)C. The average molecular weight is 725 g/mol. The minimum Gasteiger partial charge on any atom is -0.390 e. The van der Waals surface area contributed by atoms with E-state index in [1.54, 1.807) is 12.3 Å². The van der Waals surface area contributed by atoms with Gasteiger partial charge in [0.2, 0.25) is 11.8 Å². The standard InChI is InChI=1S/C41H52N6O4S/c1-27(2)37(45-38(49)33-18-17-30-15-9-10-16-32(30)43-33)40(51)44-34(22-28-12-7-6-8-13-28)36(48)25-47-21-19-31(52-26-29-14-11-20-42-24-29)23-35(47)39(50)46-41(3,4)5/h6-18,20,24,27,31,34-37,48H,19,21-23,25-26H2,1-5H3,(H,44,51)(H,45,49)(H,46,50)/t31-,34?,35?,36?,37?/m1/s1. The highest BCUT2D eigenvalue weighted by molar-refractivity contribution is 7.99. The maximum absolute atomic E-state index is 14.0. The Hall–Kier alpha value is -4.32. The Balaban J connectivity index is 1.31. The van der Waals surface area contributed by atoms with Crippen molar-refractivity contribution in [2.45, 2.75) is 94.7 Å². The topological polar surface area (TPSA) is 137 Å². The second-order valence-electron chi connectivity index (χ2n) is 15.0. The van der Waals surface area contributed by atoms with Crippen LogP contribution in [0.5, 0.6) is 0 Å². The maximum atomic E-state index is 14.0. The van der Waals surface area contributed by atoms with E-state index in [0.29, 0.717) is 24.9 Å². The van der Waals surface area contributed by atoms with Gasteiger partial charge in [-0.25, -0.2) is 4.98 Å². The van der Waals surface area contributed by atoms with Crippen molar-refractivity contribution in [2.24, 2.45) is 5.92 Å². The molecule has 4 unspecified atom stereocenters. The van der Waals surface area contributed by atoms with Crippen molar-refractivity contribution in [3.05, 3.63) is 108 Å². The zero-order valence-corrected chi connectivity index (χ0v) is 31.6. The number of benzene rings is 2. The molecule has 0 saturated carbocycles. The summed E-state index contributed by atoms with van der Waals surface area (Å²) in [5.41, 5.74) is 2.59. The van der Waals surface area contributed by atoms with Gasteiger partial charge in [0.05, 0.1) is 23.7 Å². The summed E-state index contributed by atoms with van der Waals surface area (Å²) in [6, 6.07) is 22.7. The molecule has 5 atom stereocenters. The molecule has 0 spiro atoms. The summed E-state index contributed by atoms with van der Waals surface area (Å²) in [5, 5.41) is 22.2.